The van der Waals surface area contributed by atoms with Crippen molar-refractivity contribution >= 4 is 23.6 Å². The van der Waals surface area contributed by atoms with E-state index in [1.54, 1.807) is 18.2 Å². The van der Waals surface area contributed by atoms with E-state index < -0.39 is 0 Å². The van der Waals surface area contributed by atoms with Gasteiger partial charge in [-0.2, -0.15) is 0 Å². The van der Waals surface area contributed by atoms with Crippen LogP contribution in [0.25, 0.3) is 6.08 Å². The molecule has 17 heavy (non-hydrogen) atoms. The number of fused-ring (bicyclic) bond motifs is 1. The number of hydrogen-bond acceptors (Lipinski definition) is 3. The van der Waals surface area contributed by atoms with Crippen LogP contribution in [0.3, 0.4) is 0 Å². The number of nitrogens with one attached hydrogen (secondary N) is 1. The summed E-state index contributed by atoms with van der Waals surface area (Å²) in [7, 11) is 0. The first-order valence-corrected chi connectivity index (χ1v) is 5.63. The van der Waals surface area contributed by atoms with Gasteiger partial charge in [0.25, 0.3) is 0 Å². The van der Waals surface area contributed by atoms with E-state index in [2.05, 4.69) is 5.32 Å². The van der Waals surface area contributed by atoms with E-state index in [1.165, 1.54) is 6.08 Å². The molecule has 0 spiro atoms. The predicted molar refractivity (Wildman–Crippen MR) is 65.3 cm³/mol. The van der Waals surface area contributed by atoms with Gasteiger partial charge in [-0.15, -0.1) is 0 Å². The largest absolute Gasteiger partial charge is 0.454 e. The molecule has 1 aromatic carbocycles. The van der Waals surface area contributed by atoms with Crippen molar-refractivity contribution in [2.75, 3.05) is 13.3 Å². The molecule has 1 heterocycles. The average molecular weight is 254 g/mol. The Morgan fingerprint density at radius 2 is 2.35 bits per heavy atom. The first kappa shape index (κ1) is 11.8. The van der Waals surface area contributed by atoms with Crippen LogP contribution in [-0.2, 0) is 4.79 Å². The molecule has 1 N–H and O–H groups in total. The number of carbonyl (C=O) groups is 1. The number of ether oxygens (including phenoxy) is 2. The molecule has 0 aromatic heterocycles. The highest BCUT2D eigenvalue weighted by atomic mass is 35.5. The molecule has 0 unspecified atom stereocenters. The zero-order valence-corrected chi connectivity index (χ0v) is 10.1. The van der Waals surface area contributed by atoms with E-state index in [0.29, 0.717) is 23.1 Å². The van der Waals surface area contributed by atoms with Crippen LogP contribution in [0.15, 0.2) is 18.2 Å². The van der Waals surface area contributed by atoms with E-state index in [-0.39, 0.29) is 12.7 Å². The van der Waals surface area contributed by atoms with Gasteiger partial charge in [-0.25, -0.2) is 0 Å². The van der Waals surface area contributed by atoms with E-state index in [4.69, 9.17) is 21.1 Å². The fraction of sp³-hybridized carbons (Fsp3) is 0.250. The van der Waals surface area contributed by atoms with Gasteiger partial charge in [0.05, 0.1) is 5.02 Å². The van der Waals surface area contributed by atoms with Gasteiger partial charge >= 0.3 is 0 Å². The number of amides is 1. The van der Waals surface area contributed by atoms with E-state index in [0.717, 1.165) is 5.56 Å². The zero-order chi connectivity index (χ0) is 12.3. The minimum atomic E-state index is -0.138. The van der Waals surface area contributed by atoms with Gasteiger partial charge in [-0.1, -0.05) is 11.6 Å². The Balaban J connectivity index is 2.17. The van der Waals surface area contributed by atoms with Crippen molar-refractivity contribution in [1.82, 2.24) is 5.32 Å². The highest BCUT2D eigenvalue weighted by Gasteiger charge is 2.17. The monoisotopic (exact) mass is 253 g/mol. The lowest BCUT2D eigenvalue weighted by atomic mass is 10.2. The van der Waals surface area contributed by atoms with Gasteiger partial charge in [0.15, 0.2) is 11.5 Å². The third-order valence-electron chi connectivity index (χ3n) is 2.23. The Bertz CT molecular complexity index is 471. The van der Waals surface area contributed by atoms with Crippen LogP contribution in [-0.4, -0.2) is 19.2 Å². The number of likely N-dealkylation sites (N-methyl/N-ethyl adjacent to an activating group) is 1. The van der Waals surface area contributed by atoms with Gasteiger partial charge < -0.3 is 14.8 Å². The van der Waals surface area contributed by atoms with E-state index >= 15 is 0 Å². The molecule has 0 bridgehead atoms. The lowest BCUT2D eigenvalue weighted by Gasteiger charge is -2.01. The second kappa shape index (κ2) is 5.10. The minimum absolute atomic E-state index is 0.138. The van der Waals surface area contributed by atoms with Crippen LogP contribution in [0.5, 0.6) is 11.5 Å². The second-order valence-corrected chi connectivity index (χ2v) is 3.87. The Morgan fingerprint density at radius 3 is 3.12 bits per heavy atom. The summed E-state index contributed by atoms with van der Waals surface area (Å²) in [5.74, 6) is 1.02. The van der Waals surface area contributed by atoms with Gasteiger partial charge in [-0.3, -0.25) is 4.79 Å². The molecule has 4 nitrogen and oxygen atoms in total. The smallest absolute Gasteiger partial charge is 0.243 e. The Hall–Kier alpha value is -1.68. The number of halogens is 1. The lowest BCUT2D eigenvalue weighted by Crippen LogP contribution is -2.19. The number of hydrogen-bond donors (Lipinski definition) is 1. The molecular weight excluding hydrogens is 242 g/mol. The van der Waals surface area contributed by atoms with Crippen LogP contribution >= 0.6 is 11.6 Å². The molecule has 0 aliphatic carbocycles. The van der Waals surface area contributed by atoms with Crippen molar-refractivity contribution in [1.29, 1.82) is 0 Å². The SMILES string of the molecule is CCNC(=O)/C=C/c1cc(Cl)c2c(c1)OCO2. The minimum Gasteiger partial charge on any atom is -0.454 e. The predicted octanol–water partition coefficient (Wildman–Crippen LogP) is 2.22. The fourth-order valence-electron chi connectivity index (χ4n) is 1.49. The molecule has 0 saturated carbocycles. The summed E-state index contributed by atoms with van der Waals surface area (Å²) >= 11 is 6.01. The average Bonchev–Trinajstić information content (AvgIpc) is 2.75. The van der Waals surface area contributed by atoms with Crippen LogP contribution in [0.2, 0.25) is 5.02 Å². The summed E-state index contributed by atoms with van der Waals surface area (Å²) in [5, 5.41) is 3.15. The topological polar surface area (TPSA) is 47.6 Å². The highest BCUT2D eigenvalue weighted by molar-refractivity contribution is 6.32. The van der Waals surface area contributed by atoms with Crippen molar-refractivity contribution < 1.29 is 14.3 Å². The summed E-state index contributed by atoms with van der Waals surface area (Å²) in [6.45, 7) is 2.65. The molecule has 2 rings (SSSR count). The molecule has 0 radical (unpaired) electrons. The molecule has 1 aromatic rings. The van der Waals surface area contributed by atoms with E-state index in [1.807, 2.05) is 6.92 Å². The molecule has 1 amide bonds. The quantitative estimate of drug-likeness (QED) is 0.841. The van der Waals surface area contributed by atoms with Gasteiger partial charge in [0, 0.05) is 12.6 Å². The first-order chi connectivity index (χ1) is 8.20. The van der Waals surface area contributed by atoms with Crippen molar-refractivity contribution in [2.45, 2.75) is 6.92 Å². The first-order valence-electron chi connectivity index (χ1n) is 5.25. The molecular formula is C12H12ClNO3. The maximum atomic E-state index is 11.2. The van der Waals surface area contributed by atoms with Crippen molar-refractivity contribution in [3.05, 3.63) is 28.8 Å². The zero-order valence-electron chi connectivity index (χ0n) is 9.33. The summed E-state index contributed by atoms with van der Waals surface area (Å²) < 4.78 is 10.4. The van der Waals surface area contributed by atoms with Crippen LogP contribution in [0, 0.1) is 0 Å². The molecule has 1 aliphatic rings. The molecule has 0 saturated heterocycles. The van der Waals surface area contributed by atoms with E-state index in [9.17, 15) is 4.79 Å². The number of benzene rings is 1. The second-order valence-electron chi connectivity index (χ2n) is 3.46. The molecule has 0 atom stereocenters. The van der Waals surface area contributed by atoms with Gasteiger partial charge in [0.1, 0.15) is 0 Å². The maximum Gasteiger partial charge on any atom is 0.243 e. The van der Waals surface area contributed by atoms with Gasteiger partial charge in [0.2, 0.25) is 12.7 Å². The summed E-state index contributed by atoms with van der Waals surface area (Å²) in [4.78, 5) is 11.2. The van der Waals surface area contributed by atoms with Crippen LogP contribution in [0.1, 0.15) is 12.5 Å². The molecule has 1 aliphatic heterocycles. The van der Waals surface area contributed by atoms with Crippen molar-refractivity contribution in [2.24, 2.45) is 0 Å². The third kappa shape index (κ3) is 2.71. The summed E-state index contributed by atoms with van der Waals surface area (Å²) in [6.07, 6.45) is 3.14. The normalized spacial score (nSPS) is 13.1. The van der Waals surface area contributed by atoms with Crippen LogP contribution < -0.4 is 14.8 Å². The molecule has 90 valence electrons. The van der Waals surface area contributed by atoms with Gasteiger partial charge in [-0.05, 0) is 30.7 Å². The summed E-state index contributed by atoms with van der Waals surface area (Å²) in [5.41, 5.74) is 0.797. The maximum absolute atomic E-state index is 11.2. The van der Waals surface area contributed by atoms with Crippen molar-refractivity contribution in [3.63, 3.8) is 0 Å². The fourth-order valence-corrected chi connectivity index (χ4v) is 1.76. The Labute approximate surface area is 104 Å². The van der Waals surface area contributed by atoms with Crippen molar-refractivity contribution in [3.8, 4) is 11.5 Å². The van der Waals surface area contributed by atoms with Crippen LogP contribution in [0.4, 0.5) is 0 Å². The Morgan fingerprint density at radius 1 is 1.53 bits per heavy atom. The molecule has 5 heteroatoms. The standard InChI is InChI=1S/C12H12ClNO3/c1-2-14-11(15)4-3-8-5-9(13)12-10(6-8)16-7-17-12/h3-6H,2,7H2,1H3,(H,14,15)/b4-3+. The number of carbonyl (C=O) groups excluding carboxylic acids is 1. The highest BCUT2D eigenvalue weighted by Crippen LogP contribution is 2.39. The number of rotatable bonds is 3. The Kier molecular flexibility index (Phi) is 3.54. The third-order valence-corrected chi connectivity index (χ3v) is 2.51. The lowest BCUT2D eigenvalue weighted by molar-refractivity contribution is -0.116. The molecule has 0 fully saturated rings. The summed E-state index contributed by atoms with van der Waals surface area (Å²) in [6, 6.07) is 3.51.